The minimum Gasteiger partial charge on any atom is -0.384 e. The number of rotatable bonds is 4. The number of aromatic nitrogens is 1. The second kappa shape index (κ2) is 5.24. The Bertz CT molecular complexity index is 411. The molecule has 1 heterocycles. The van der Waals surface area contributed by atoms with E-state index in [1.807, 2.05) is 0 Å². The van der Waals surface area contributed by atoms with Crippen LogP contribution in [0.4, 0.5) is 19.0 Å². The Morgan fingerprint density at radius 2 is 2.06 bits per heavy atom. The number of amidine groups is 1. The molecule has 0 aliphatic heterocycles. The lowest BCUT2D eigenvalue weighted by atomic mass is 10.2. The Morgan fingerprint density at radius 3 is 2.39 bits per heavy atom. The van der Waals surface area contributed by atoms with Gasteiger partial charge >= 0.3 is 6.18 Å². The molecule has 7 heteroatoms. The lowest BCUT2D eigenvalue weighted by Crippen LogP contribution is -2.39. The van der Waals surface area contributed by atoms with Crippen LogP contribution in [-0.4, -0.2) is 29.6 Å². The normalized spacial score (nSPS) is 11.7. The zero-order valence-electron chi connectivity index (χ0n) is 10.1. The maximum absolute atomic E-state index is 12.4. The van der Waals surface area contributed by atoms with Gasteiger partial charge in [0.05, 0.1) is 0 Å². The fraction of sp³-hybridized carbons (Fsp3) is 0.455. The van der Waals surface area contributed by atoms with E-state index < -0.39 is 12.7 Å². The van der Waals surface area contributed by atoms with Gasteiger partial charge in [-0.15, -0.1) is 0 Å². The van der Waals surface area contributed by atoms with Crippen LogP contribution in [0.5, 0.6) is 0 Å². The third kappa shape index (κ3) is 3.90. The maximum atomic E-state index is 12.4. The number of hydrogen-bond donors (Lipinski definition) is 2. The zero-order chi connectivity index (χ0) is 13.9. The Labute approximate surface area is 103 Å². The Balaban J connectivity index is 2.96. The topological polar surface area (TPSA) is 66.0 Å². The molecule has 0 bridgehead atoms. The molecule has 0 atom stereocenters. The summed E-state index contributed by atoms with van der Waals surface area (Å²) >= 11 is 0. The third-order valence-electron chi connectivity index (χ3n) is 2.33. The maximum Gasteiger partial charge on any atom is 0.405 e. The van der Waals surface area contributed by atoms with Crippen molar-refractivity contribution in [2.45, 2.75) is 26.1 Å². The number of nitrogens with one attached hydrogen (secondary N) is 1. The molecule has 100 valence electrons. The van der Waals surface area contributed by atoms with Crippen LogP contribution in [-0.2, 0) is 0 Å². The first kappa shape index (κ1) is 14.3. The van der Waals surface area contributed by atoms with Gasteiger partial charge in [-0.3, -0.25) is 5.41 Å². The quantitative estimate of drug-likeness (QED) is 0.644. The summed E-state index contributed by atoms with van der Waals surface area (Å²) < 4.78 is 37.3. The summed E-state index contributed by atoms with van der Waals surface area (Å²) in [5.41, 5.74) is 5.63. The summed E-state index contributed by atoms with van der Waals surface area (Å²) in [6, 6.07) is 2.58. The van der Waals surface area contributed by atoms with Crippen molar-refractivity contribution in [3.63, 3.8) is 0 Å². The Hall–Kier alpha value is -1.79. The lowest BCUT2D eigenvalue weighted by Gasteiger charge is -2.28. The van der Waals surface area contributed by atoms with Crippen LogP contribution in [0.25, 0.3) is 0 Å². The monoisotopic (exact) mass is 260 g/mol. The van der Waals surface area contributed by atoms with Gasteiger partial charge in [-0.25, -0.2) is 4.98 Å². The third-order valence-corrected chi connectivity index (χ3v) is 2.33. The zero-order valence-corrected chi connectivity index (χ0v) is 10.1. The standard InChI is InChI=1S/C11H15F3N4/c1-7(2)18(6-11(12,13)14)9-4-3-8(5-17-9)10(15)16/h3-5,7H,6H2,1-2H3,(H3,15,16). The molecule has 1 aromatic heterocycles. The molecule has 0 saturated heterocycles. The van der Waals surface area contributed by atoms with E-state index in [4.69, 9.17) is 11.1 Å². The van der Waals surface area contributed by atoms with E-state index >= 15 is 0 Å². The Kier molecular flexibility index (Phi) is 4.15. The van der Waals surface area contributed by atoms with Crippen LogP contribution >= 0.6 is 0 Å². The highest BCUT2D eigenvalue weighted by atomic mass is 19.4. The average Bonchev–Trinajstić information content (AvgIpc) is 2.24. The molecule has 0 unspecified atom stereocenters. The molecule has 0 amide bonds. The molecule has 1 aromatic rings. The molecular formula is C11H15F3N4. The van der Waals surface area contributed by atoms with Crippen molar-refractivity contribution in [3.8, 4) is 0 Å². The first-order chi connectivity index (χ1) is 8.20. The van der Waals surface area contributed by atoms with E-state index in [1.165, 1.54) is 18.3 Å². The summed E-state index contributed by atoms with van der Waals surface area (Å²) in [7, 11) is 0. The summed E-state index contributed by atoms with van der Waals surface area (Å²) in [4.78, 5) is 5.05. The summed E-state index contributed by atoms with van der Waals surface area (Å²) in [6.45, 7) is 2.26. The van der Waals surface area contributed by atoms with Gasteiger partial charge in [0.1, 0.15) is 18.2 Å². The van der Waals surface area contributed by atoms with Crippen molar-refractivity contribution < 1.29 is 13.2 Å². The first-order valence-electron chi connectivity index (χ1n) is 5.34. The van der Waals surface area contributed by atoms with Crippen molar-refractivity contribution in [3.05, 3.63) is 23.9 Å². The van der Waals surface area contributed by atoms with E-state index in [-0.39, 0.29) is 17.7 Å². The van der Waals surface area contributed by atoms with Crippen LogP contribution in [0.2, 0.25) is 0 Å². The molecule has 0 radical (unpaired) electrons. The van der Waals surface area contributed by atoms with Gasteiger partial charge in [-0.05, 0) is 26.0 Å². The number of alkyl halides is 3. The summed E-state index contributed by atoms with van der Waals surface area (Å²) in [6.07, 6.45) is -2.99. The fourth-order valence-electron chi connectivity index (χ4n) is 1.44. The van der Waals surface area contributed by atoms with E-state index in [0.29, 0.717) is 5.56 Å². The number of hydrogen-bond acceptors (Lipinski definition) is 3. The largest absolute Gasteiger partial charge is 0.405 e. The van der Waals surface area contributed by atoms with Gasteiger partial charge in [0.15, 0.2) is 0 Å². The molecule has 0 spiro atoms. The van der Waals surface area contributed by atoms with Crippen LogP contribution in [0, 0.1) is 5.41 Å². The van der Waals surface area contributed by atoms with Crippen LogP contribution in [0.1, 0.15) is 19.4 Å². The van der Waals surface area contributed by atoms with E-state index in [9.17, 15) is 13.2 Å². The van der Waals surface area contributed by atoms with E-state index in [1.54, 1.807) is 13.8 Å². The number of nitrogen functional groups attached to an aromatic ring is 1. The van der Waals surface area contributed by atoms with E-state index in [0.717, 1.165) is 4.90 Å². The predicted molar refractivity (Wildman–Crippen MR) is 63.8 cm³/mol. The van der Waals surface area contributed by atoms with E-state index in [2.05, 4.69) is 4.98 Å². The molecule has 0 fully saturated rings. The molecule has 4 nitrogen and oxygen atoms in total. The smallest absolute Gasteiger partial charge is 0.384 e. The van der Waals surface area contributed by atoms with Crippen molar-refractivity contribution >= 4 is 11.7 Å². The number of pyridine rings is 1. The highest BCUT2D eigenvalue weighted by Crippen LogP contribution is 2.22. The first-order valence-corrected chi connectivity index (χ1v) is 5.34. The van der Waals surface area contributed by atoms with Crippen LogP contribution in [0.15, 0.2) is 18.3 Å². The highest BCUT2D eigenvalue weighted by molar-refractivity contribution is 5.94. The molecule has 1 rings (SSSR count). The van der Waals surface area contributed by atoms with Crippen LogP contribution < -0.4 is 10.6 Å². The molecule has 3 N–H and O–H groups in total. The average molecular weight is 260 g/mol. The van der Waals surface area contributed by atoms with Crippen molar-refractivity contribution in [1.29, 1.82) is 5.41 Å². The minimum absolute atomic E-state index is 0.166. The second-order valence-electron chi connectivity index (χ2n) is 4.16. The SMILES string of the molecule is CC(C)N(CC(F)(F)F)c1ccc(C(=N)N)cn1. The number of anilines is 1. The molecule has 0 aliphatic carbocycles. The molecule has 0 aliphatic rings. The highest BCUT2D eigenvalue weighted by Gasteiger charge is 2.32. The number of nitrogens with zero attached hydrogens (tertiary/aromatic N) is 2. The van der Waals surface area contributed by atoms with Gasteiger partial charge in [0, 0.05) is 17.8 Å². The Morgan fingerprint density at radius 1 is 1.44 bits per heavy atom. The van der Waals surface area contributed by atoms with Gasteiger partial charge in [0.25, 0.3) is 0 Å². The molecular weight excluding hydrogens is 245 g/mol. The fourth-order valence-corrected chi connectivity index (χ4v) is 1.44. The van der Waals surface area contributed by atoms with Gasteiger partial charge in [-0.2, -0.15) is 13.2 Å². The second-order valence-corrected chi connectivity index (χ2v) is 4.16. The summed E-state index contributed by atoms with van der Waals surface area (Å²) in [5, 5.41) is 7.19. The van der Waals surface area contributed by atoms with Crippen molar-refractivity contribution in [2.75, 3.05) is 11.4 Å². The van der Waals surface area contributed by atoms with Gasteiger partial charge in [0.2, 0.25) is 0 Å². The number of halogens is 3. The number of nitrogens with two attached hydrogens (primary N) is 1. The summed E-state index contributed by atoms with van der Waals surface area (Å²) in [5.74, 6) is 0.0493. The van der Waals surface area contributed by atoms with Gasteiger partial charge in [-0.1, -0.05) is 0 Å². The van der Waals surface area contributed by atoms with Crippen molar-refractivity contribution in [2.24, 2.45) is 5.73 Å². The van der Waals surface area contributed by atoms with Gasteiger partial charge < -0.3 is 10.6 Å². The lowest BCUT2D eigenvalue weighted by molar-refractivity contribution is -0.120. The molecule has 18 heavy (non-hydrogen) atoms. The van der Waals surface area contributed by atoms with Crippen molar-refractivity contribution in [1.82, 2.24) is 4.98 Å². The minimum atomic E-state index is -4.29. The molecule has 0 aromatic carbocycles. The predicted octanol–water partition coefficient (Wildman–Crippen LogP) is 2.14. The molecule has 0 saturated carbocycles. The van der Waals surface area contributed by atoms with Crippen LogP contribution in [0.3, 0.4) is 0 Å².